The number of hydrogen-bond donors (Lipinski definition) is 1. The Labute approximate surface area is 188 Å². The number of amides is 2. The number of esters is 1. The van der Waals surface area contributed by atoms with E-state index in [1.54, 1.807) is 0 Å². The third-order valence-corrected chi connectivity index (χ3v) is 6.15. The normalized spacial score (nSPS) is 14.3. The number of rotatable bonds is 7. The van der Waals surface area contributed by atoms with Gasteiger partial charge in [-0.3, -0.25) is 14.4 Å². The quantitative estimate of drug-likeness (QED) is 0.668. The van der Waals surface area contributed by atoms with Gasteiger partial charge >= 0.3 is 5.97 Å². The zero-order valence-corrected chi connectivity index (χ0v) is 19.3. The highest BCUT2D eigenvalue weighted by Crippen LogP contribution is 2.22. The highest BCUT2D eigenvalue weighted by atomic mass is 16.5. The first-order valence-electron chi connectivity index (χ1n) is 11.1. The smallest absolute Gasteiger partial charge is 0.305 e. The minimum absolute atomic E-state index is 0.0122. The first kappa shape index (κ1) is 23.5. The van der Waals surface area contributed by atoms with Crippen molar-refractivity contribution in [2.24, 2.45) is 5.92 Å². The molecular weight excluding hydrogens is 408 g/mol. The van der Waals surface area contributed by atoms with Gasteiger partial charge in [0, 0.05) is 44.2 Å². The van der Waals surface area contributed by atoms with E-state index in [1.165, 1.54) is 14.0 Å². The number of methoxy groups -OCH3 is 1. The van der Waals surface area contributed by atoms with Crippen molar-refractivity contribution in [3.8, 4) is 5.69 Å². The SMILES string of the molecule is COC(=O)CCc1c(C)nn(-c2ccc(C(=O)N3CCC(CNC(C)=O)CC3)cc2)c1C. The first-order chi connectivity index (χ1) is 15.3. The average Bonchev–Trinajstić information content (AvgIpc) is 3.09. The maximum atomic E-state index is 12.9. The van der Waals surface area contributed by atoms with Gasteiger partial charge < -0.3 is 15.0 Å². The van der Waals surface area contributed by atoms with Crippen molar-refractivity contribution in [1.82, 2.24) is 20.0 Å². The molecule has 1 fully saturated rings. The molecule has 0 spiro atoms. The molecule has 1 aromatic carbocycles. The number of aryl methyl sites for hydroxylation is 1. The van der Waals surface area contributed by atoms with E-state index >= 15 is 0 Å². The molecule has 0 unspecified atom stereocenters. The number of likely N-dealkylation sites (tertiary alicyclic amines) is 1. The molecule has 2 heterocycles. The van der Waals surface area contributed by atoms with E-state index in [0.717, 1.165) is 35.5 Å². The highest BCUT2D eigenvalue weighted by Gasteiger charge is 2.24. The van der Waals surface area contributed by atoms with Crippen molar-refractivity contribution in [2.75, 3.05) is 26.7 Å². The van der Waals surface area contributed by atoms with Gasteiger partial charge in [0.05, 0.1) is 18.5 Å². The zero-order chi connectivity index (χ0) is 23.3. The van der Waals surface area contributed by atoms with E-state index in [1.807, 2.05) is 47.7 Å². The van der Waals surface area contributed by atoms with Crippen LogP contribution < -0.4 is 5.32 Å². The molecule has 1 aliphatic heterocycles. The Morgan fingerprint density at radius 1 is 1.12 bits per heavy atom. The third kappa shape index (κ3) is 5.55. The second-order valence-corrected chi connectivity index (χ2v) is 8.36. The summed E-state index contributed by atoms with van der Waals surface area (Å²) in [7, 11) is 1.39. The molecule has 1 saturated heterocycles. The minimum Gasteiger partial charge on any atom is -0.469 e. The summed E-state index contributed by atoms with van der Waals surface area (Å²) in [6, 6.07) is 7.48. The standard InChI is InChI=1S/C24H32N4O4/c1-16-22(9-10-23(30)32-4)17(2)28(26-16)21-7-5-20(6-8-21)24(31)27-13-11-19(12-14-27)15-25-18(3)29/h5-8,19H,9-15H2,1-4H3,(H,25,29). The van der Waals surface area contributed by atoms with Crippen LogP contribution in [0, 0.1) is 19.8 Å². The van der Waals surface area contributed by atoms with Crippen molar-refractivity contribution in [3.05, 3.63) is 46.8 Å². The largest absolute Gasteiger partial charge is 0.469 e. The molecule has 1 aliphatic rings. The second kappa shape index (κ2) is 10.4. The summed E-state index contributed by atoms with van der Waals surface area (Å²) in [5.41, 5.74) is 4.43. The van der Waals surface area contributed by atoms with Gasteiger partial charge in [0.25, 0.3) is 5.91 Å². The Bertz CT molecular complexity index is 973. The molecule has 172 valence electrons. The molecule has 32 heavy (non-hydrogen) atoms. The Balaban J connectivity index is 1.63. The fourth-order valence-electron chi connectivity index (χ4n) is 4.17. The van der Waals surface area contributed by atoms with Gasteiger partial charge in [-0.15, -0.1) is 0 Å². The molecule has 2 amide bonds. The lowest BCUT2D eigenvalue weighted by molar-refractivity contribution is -0.140. The molecule has 1 N–H and O–H groups in total. The Hall–Kier alpha value is -3.16. The maximum Gasteiger partial charge on any atom is 0.305 e. The van der Waals surface area contributed by atoms with E-state index < -0.39 is 0 Å². The number of ether oxygens (including phenoxy) is 1. The summed E-state index contributed by atoms with van der Waals surface area (Å²) in [6.45, 7) is 7.52. The van der Waals surface area contributed by atoms with Crippen LogP contribution >= 0.6 is 0 Å². The van der Waals surface area contributed by atoms with E-state index in [9.17, 15) is 14.4 Å². The van der Waals surface area contributed by atoms with Crippen LogP contribution in [0.1, 0.15) is 53.5 Å². The summed E-state index contributed by atoms with van der Waals surface area (Å²) >= 11 is 0. The van der Waals surface area contributed by atoms with Gasteiger partial charge in [0.1, 0.15) is 0 Å². The number of aromatic nitrogens is 2. The predicted molar refractivity (Wildman–Crippen MR) is 121 cm³/mol. The summed E-state index contributed by atoms with van der Waals surface area (Å²) in [6.07, 6.45) is 2.69. The number of carbonyl (C=O) groups excluding carboxylic acids is 3. The monoisotopic (exact) mass is 440 g/mol. The number of hydrogen-bond acceptors (Lipinski definition) is 5. The van der Waals surface area contributed by atoms with Gasteiger partial charge in [0.15, 0.2) is 0 Å². The number of nitrogens with one attached hydrogen (secondary N) is 1. The average molecular weight is 441 g/mol. The van der Waals surface area contributed by atoms with Crippen LogP contribution in [-0.2, 0) is 20.7 Å². The maximum absolute atomic E-state index is 12.9. The Morgan fingerprint density at radius 2 is 1.78 bits per heavy atom. The lowest BCUT2D eigenvalue weighted by atomic mass is 9.96. The van der Waals surface area contributed by atoms with Crippen LogP contribution in [0.15, 0.2) is 24.3 Å². The van der Waals surface area contributed by atoms with E-state index in [2.05, 4.69) is 10.4 Å². The van der Waals surface area contributed by atoms with Gasteiger partial charge in [-0.2, -0.15) is 5.10 Å². The topological polar surface area (TPSA) is 93.5 Å². The van der Waals surface area contributed by atoms with Crippen LogP contribution in [0.25, 0.3) is 5.69 Å². The van der Waals surface area contributed by atoms with Crippen LogP contribution in [0.4, 0.5) is 0 Å². The number of nitrogens with zero attached hydrogens (tertiary/aromatic N) is 3. The van der Waals surface area contributed by atoms with Crippen molar-refractivity contribution >= 4 is 17.8 Å². The lowest BCUT2D eigenvalue weighted by Crippen LogP contribution is -2.41. The Kier molecular flexibility index (Phi) is 7.66. The highest BCUT2D eigenvalue weighted by molar-refractivity contribution is 5.94. The molecule has 8 heteroatoms. The summed E-state index contributed by atoms with van der Waals surface area (Å²) < 4.78 is 6.59. The zero-order valence-electron chi connectivity index (χ0n) is 19.3. The summed E-state index contributed by atoms with van der Waals surface area (Å²) in [4.78, 5) is 37.4. The molecule has 0 bridgehead atoms. The molecule has 0 radical (unpaired) electrons. The predicted octanol–water partition coefficient (Wildman–Crippen LogP) is 2.58. The number of carbonyl (C=O) groups is 3. The van der Waals surface area contributed by atoms with Crippen molar-refractivity contribution < 1.29 is 19.1 Å². The van der Waals surface area contributed by atoms with Gasteiger partial charge in [-0.05, 0) is 68.9 Å². The van der Waals surface area contributed by atoms with Crippen LogP contribution in [0.5, 0.6) is 0 Å². The van der Waals surface area contributed by atoms with Crippen LogP contribution in [0.3, 0.4) is 0 Å². The van der Waals surface area contributed by atoms with E-state index in [4.69, 9.17) is 4.74 Å². The summed E-state index contributed by atoms with van der Waals surface area (Å²) in [5.74, 6) is 0.201. The van der Waals surface area contributed by atoms with E-state index in [0.29, 0.717) is 44.0 Å². The lowest BCUT2D eigenvalue weighted by Gasteiger charge is -2.32. The second-order valence-electron chi connectivity index (χ2n) is 8.36. The van der Waals surface area contributed by atoms with Gasteiger partial charge in [0.2, 0.25) is 5.91 Å². The molecule has 2 aromatic rings. The fourth-order valence-corrected chi connectivity index (χ4v) is 4.17. The fraction of sp³-hybridized carbons (Fsp3) is 0.500. The van der Waals surface area contributed by atoms with Crippen LogP contribution in [-0.4, -0.2) is 59.2 Å². The third-order valence-electron chi connectivity index (χ3n) is 6.15. The van der Waals surface area contributed by atoms with Crippen LogP contribution in [0.2, 0.25) is 0 Å². The molecule has 3 rings (SSSR count). The molecule has 0 atom stereocenters. The van der Waals surface area contributed by atoms with Crippen molar-refractivity contribution in [1.29, 1.82) is 0 Å². The minimum atomic E-state index is -0.237. The van der Waals surface area contributed by atoms with E-state index in [-0.39, 0.29) is 17.8 Å². The number of benzene rings is 1. The molecular formula is C24H32N4O4. The molecule has 8 nitrogen and oxygen atoms in total. The van der Waals surface area contributed by atoms with Crippen molar-refractivity contribution in [2.45, 2.75) is 46.5 Å². The first-order valence-corrected chi connectivity index (χ1v) is 11.1. The molecule has 1 aromatic heterocycles. The summed E-state index contributed by atoms with van der Waals surface area (Å²) in [5, 5.41) is 7.49. The van der Waals surface area contributed by atoms with Gasteiger partial charge in [-0.25, -0.2) is 4.68 Å². The molecule has 0 aliphatic carbocycles. The Morgan fingerprint density at radius 3 is 2.38 bits per heavy atom. The number of piperidine rings is 1. The molecule has 0 saturated carbocycles. The van der Waals surface area contributed by atoms with Gasteiger partial charge in [-0.1, -0.05) is 0 Å². The van der Waals surface area contributed by atoms with Crippen molar-refractivity contribution in [3.63, 3.8) is 0 Å².